The fraction of sp³-hybridized carbons (Fsp3) is 0.545. The number of nitrogens with two attached hydrogens (primary N) is 1. The van der Waals surface area contributed by atoms with Crippen molar-refractivity contribution in [3.05, 3.63) is 20.8 Å². The van der Waals surface area contributed by atoms with Crippen LogP contribution in [0.15, 0.2) is 20.2 Å². The first-order valence-electron chi connectivity index (χ1n) is 5.54. The number of nitrogens with zero attached hydrogens (tertiary/aromatic N) is 2. The van der Waals surface area contributed by atoms with Crippen molar-refractivity contribution < 1.29 is 4.74 Å². The Labute approximate surface area is 114 Å². The van der Waals surface area contributed by atoms with Crippen molar-refractivity contribution in [2.75, 3.05) is 19.7 Å². The average molecular weight is 318 g/mol. The zero-order valence-corrected chi connectivity index (χ0v) is 12.1. The van der Waals surface area contributed by atoms with Crippen LogP contribution < -0.4 is 5.73 Å². The van der Waals surface area contributed by atoms with Gasteiger partial charge in [-0.25, -0.2) is 4.99 Å². The van der Waals surface area contributed by atoms with Gasteiger partial charge < -0.3 is 15.4 Å². The molecule has 1 atom stereocenters. The second kappa shape index (κ2) is 5.84. The van der Waals surface area contributed by atoms with E-state index in [1.54, 1.807) is 11.3 Å². The molecule has 1 aliphatic rings. The van der Waals surface area contributed by atoms with E-state index in [4.69, 9.17) is 10.5 Å². The predicted octanol–water partition coefficient (Wildman–Crippen LogP) is 2.05. The Balaban J connectivity index is 1.92. The minimum Gasteiger partial charge on any atom is -0.375 e. The zero-order valence-electron chi connectivity index (χ0n) is 9.73. The second-order valence-corrected chi connectivity index (χ2v) is 6.35. The van der Waals surface area contributed by atoms with Crippen molar-refractivity contribution in [3.8, 4) is 0 Å². The SMILES string of the molecule is CC1CN(C(N)=NCc2csc(Br)c2)CCO1. The first-order chi connectivity index (χ1) is 8.15. The van der Waals surface area contributed by atoms with E-state index in [1.807, 2.05) is 0 Å². The summed E-state index contributed by atoms with van der Waals surface area (Å²) in [5.41, 5.74) is 7.16. The molecule has 4 nitrogen and oxygen atoms in total. The Morgan fingerprint density at radius 1 is 1.76 bits per heavy atom. The second-order valence-electron chi connectivity index (χ2n) is 4.06. The van der Waals surface area contributed by atoms with Crippen LogP contribution in [0.5, 0.6) is 0 Å². The van der Waals surface area contributed by atoms with Crippen LogP contribution in [0.3, 0.4) is 0 Å². The normalized spacial score (nSPS) is 21.9. The lowest BCUT2D eigenvalue weighted by Crippen LogP contribution is -2.47. The zero-order chi connectivity index (χ0) is 12.3. The van der Waals surface area contributed by atoms with Gasteiger partial charge in [-0.2, -0.15) is 0 Å². The van der Waals surface area contributed by atoms with Crippen molar-refractivity contribution in [1.82, 2.24) is 4.90 Å². The van der Waals surface area contributed by atoms with Gasteiger partial charge in [0.2, 0.25) is 0 Å². The molecule has 1 saturated heterocycles. The minimum atomic E-state index is 0.229. The molecule has 1 aliphatic heterocycles. The summed E-state index contributed by atoms with van der Waals surface area (Å²) in [6.07, 6.45) is 0.229. The number of ether oxygens (including phenoxy) is 1. The monoisotopic (exact) mass is 317 g/mol. The Hall–Kier alpha value is -0.590. The molecular weight excluding hydrogens is 302 g/mol. The van der Waals surface area contributed by atoms with Gasteiger partial charge in [0.25, 0.3) is 0 Å². The van der Waals surface area contributed by atoms with Crippen LogP contribution >= 0.6 is 27.3 Å². The number of hydrogen-bond acceptors (Lipinski definition) is 3. The predicted molar refractivity (Wildman–Crippen MR) is 74.3 cm³/mol. The number of rotatable bonds is 2. The van der Waals surface area contributed by atoms with Gasteiger partial charge in [-0.3, -0.25) is 0 Å². The van der Waals surface area contributed by atoms with Crippen molar-refractivity contribution >= 4 is 33.2 Å². The molecule has 0 aromatic carbocycles. The number of thiophene rings is 1. The van der Waals surface area contributed by atoms with Gasteiger partial charge >= 0.3 is 0 Å². The number of morpholine rings is 1. The molecule has 1 fully saturated rings. The van der Waals surface area contributed by atoms with E-state index in [1.165, 1.54) is 5.56 Å². The molecule has 2 N–H and O–H groups in total. The fourth-order valence-corrected chi connectivity index (χ4v) is 2.93. The van der Waals surface area contributed by atoms with Crippen LogP contribution in [0, 0.1) is 0 Å². The topological polar surface area (TPSA) is 50.8 Å². The molecule has 1 aromatic rings. The summed E-state index contributed by atoms with van der Waals surface area (Å²) in [6, 6.07) is 2.07. The first-order valence-corrected chi connectivity index (χ1v) is 7.22. The lowest BCUT2D eigenvalue weighted by Gasteiger charge is -2.31. The molecule has 1 aromatic heterocycles. The van der Waals surface area contributed by atoms with Crippen LogP contribution in [0.4, 0.5) is 0 Å². The molecule has 2 heterocycles. The van der Waals surface area contributed by atoms with Crippen molar-refractivity contribution in [2.24, 2.45) is 10.7 Å². The standard InChI is InChI=1S/C11H16BrN3OS/c1-8-6-15(2-3-16-8)11(13)14-5-9-4-10(12)17-7-9/h4,7-8H,2-3,5-6H2,1H3,(H2,13,14). The molecule has 0 bridgehead atoms. The molecule has 0 radical (unpaired) electrons. The highest BCUT2D eigenvalue weighted by atomic mass is 79.9. The van der Waals surface area contributed by atoms with E-state index in [-0.39, 0.29) is 6.10 Å². The van der Waals surface area contributed by atoms with Gasteiger partial charge in [0.15, 0.2) is 5.96 Å². The van der Waals surface area contributed by atoms with Gasteiger partial charge in [-0.15, -0.1) is 11.3 Å². The molecule has 0 aliphatic carbocycles. The molecular formula is C11H16BrN3OS. The molecule has 0 amide bonds. The summed E-state index contributed by atoms with van der Waals surface area (Å²) in [5.74, 6) is 0.613. The van der Waals surface area contributed by atoms with E-state index in [9.17, 15) is 0 Å². The van der Waals surface area contributed by atoms with E-state index in [0.29, 0.717) is 12.5 Å². The maximum atomic E-state index is 5.98. The Bertz CT molecular complexity index is 407. The molecule has 1 unspecified atom stereocenters. The maximum absolute atomic E-state index is 5.98. The van der Waals surface area contributed by atoms with Crippen LogP contribution in [0.25, 0.3) is 0 Å². The van der Waals surface area contributed by atoms with Crippen molar-refractivity contribution in [2.45, 2.75) is 19.6 Å². The molecule has 2 rings (SSSR count). The third kappa shape index (κ3) is 3.69. The fourth-order valence-electron chi connectivity index (χ4n) is 1.73. The van der Waals surface area contributed by atoms with E-state index in [0.717, 1.165) is 23.5 Å². The quantitative estimate of drug-likeness (QED) is 0.671. The Kier molecular flexibility index (Phi) is 4.42. The van der Waals surface area contributed by atoms with Gasteiger partial charge in [-0.05, 0) is 39.9 Å². The van der Waals surface area contributed by atoms with Gasteiger partial charge in [0.1, 0.15) is 0 Å². The third-order valence-electron chi connectivity index (χ3n) is 2.61. The lowest BCUT2D eigenvalue weighted by atomic mass is 10.3. The third-order valence-corrected chi connectivity index (χ3v) is 4.16. The van der Waals surface area contributed by atoms with E-state index in [2.05, 4.69) is 44.2 Å². The Morgan fingerprint density at radius 2 is 2.59 bits per heavy atom. The van der Waals surface area contributed by atoms with E-state index < -0.39 is 0 Å². The summed E-state index contributed by atoms with van der Waals surface area (Å²) in [5, 5.41) is 2.09. The smallest absolute Gasteiger partial charge is 0.191 e. The summed E-state index contributed by atoms with van der Waals surface area (Å²) in [4.78, 5) is 6.50. The number of aliphatic imine (C=N–C) groups is 1. The van der Waals surface area contributed by atoms with E-state index >= 15 is 0 Å². The summed E-state index contributed by atoms with van der Waals surface area (Å²) < 4.78 is 6.59. The van der Waals surface area contributed by atoms with Gasteiger partial charge in [0.05, 0.1) is 23.0 Å². The highest BCUT2D eigenvalue weighted by molar-refractivity contribution is 9.11. The Morgan fingerprint density at radius 3 is 3.24 bits per heavy atom. The van der Waals surface area contributed by atoms with Gasteiger partial charge in [0, 0.05) is 13.1 Å². The molecule has 0 saturated carbocycles. The molecule has 0 spiro atoms. The average Bonchev–Trinajstić information content (AvgIpc) is 2.72. The summed E-state index contributed by atoms with van der Waals surface area (Å²) in [7, 11) is 0. The molecule has 94 valence electrons. The van der Waals surface area contributed by atoms with Gasteiger partial charge in [-0.1, -0.05) is 0 Å². The summed E-state index contributed by atoms with van der Waals surface area (Å²) in [6.45, 7) is 5.06. The first kappa shape index (κ1) is 12.9. The van der Waals surface area contributed by atoms with Crippen LogP contribution in [-0.4, -0.2) is 36.7 Å². The maximum Gasteiger partial charge on any atom is 0.191 e. The number of hydrogen-bond donors (Lipinski definition) is 1. The summed E-state index contributed by atoms with van der Waals surface area (Å²) >= 11 is 5.10. The van der Waals surface area contributed by atoms with Crippen LogP contribution in [0.1, 0.15) is 12.5 Å². The molecule has 17 heavy (non-hydrogen) atoms. The van der Waals surface area contributed by atoms with Crippen molar-refractivity contribution in [3.63, 3.8) is 0 Å². The van der Waals surface area contributed by atoms with Crippen LogP contribution in [-0.2, 0) is 11.3 Å². The largest absolute Gasteiger partial charge is 0.375 e. The minimum absolute atomic E-state index is 0.229. The number of guanidine groups is 1. The highest BCUT2D eigenvalue weighted by Gasteiger charge is 2.17. The highest BCUT2D eigenvalue weighted by Crippen LogP contribution is 2.21. The van der Waals surface area contributed by atoms with Crippen LogP contribution in [0.2, 0.25) is 0 Å². The van der Waals surface area contributed by atoms with Crippen molar-refractivity contribution in [1.29, 1.82) is 0 Å². The lowest BCUT2D eigenvalue weighted by molar-refractivity contribution is 0.00529. The number of halogens is 1. The molecule has 6 heteroatoms.